The van der Waals surface area contributed by atoms with E-state index in [-0.39, 0.29) is 5.57 Å². The Morgan fingerprint density at radius 3 is 1.83 bits per heavy atom. The summed E-state index contributed by atoms with van der Waals surface area (Å²) in [5, 5.41) is 10.5. The second kappa shape index (κ2) is 9.58. The van der Waals surface area contributed by atoms with Crippen LogP contribution in [-0.4, -0.2) is 13.1 Å². The van der Waals surface area contributed by atoms with Crippen molar-refractivity contribution in [2.75, 3.05) is 7.11 Å². The Labute approximate surface area is 183 Å². The number of halogens is 2. The van der Waals surface area contributed by atoms with Crippen LogP contribution < -0.4 is 0 Å². The van der Waals surface area contributed by atoms with Gasteiger partial charge in [-0.25, -0.2) is 4.79 Å². The number of carbonyl (C=O) groups is 1. The third-order valence-electron chi connectivity index (χ3n) is 4.06. The fourth-order valence-electron chi connectivity index (χ4n) is 2.65. The summed E-state index contributed by atoms with van der Waals surface area (Å²) >= 11 is 13.5. The van der Waals surface area contributed by atoms with Crippen LogP contribution in [0.3, 0.4) is 0 Å². The summed E-state index contributed by atoms with van der Waals surface area (Å²) in [6.07, 6.45) is 3.58. The Morgan fingerprint density at radius 2 is 1.38 bits per heavy atom. The molecule has 0 saturated carbocycles. The first-order valence-corrected chi connectivity index (χ1v) is 10.1. The zero-order valence-electron chi connectivity index (χ0n) is 15.4. The minimum atomic E-state index is -0.652. The van der Waals surface area contributed by atoms with Gasteiger partial charge in [0.25, 0.3) is 0 Å². The van der Waals surface area contributed by atoms with E-state index in [2.05, 4.69) is 10.8 Å². The number of hydrogen-bond donors (Lipinski definition) is 0. The van der Waals surface area contributed by atoms with Crippen LogP contribution >= 0.6 is 34.5 Å². The predicted molar refractivity (Wildman–Crippen MR) is 120 cm³/mol. The average Bonchev–Trinajstić information content (AvgIpc) is 3.18. The summed E-state index contributed by atoms with van der Waals surface area (Å²) in [7, 11) is 1.25. The smallest absolute Gasteiger partial charge is 0.348 e. The van der Waals surface area contributed by atoms with Crippen molar-refractivity contribution in [1.29, 1.82) is 5.26 Å². The number of nitriles is 1. The molecule has 3 nitrogen and oxygen atoms in total. The molecule has 0 unspecified atom stereocenters. The number of thiophene rings is 1. The lowest BCUT2D eigenvalue weighted by atomic mass is 9.97. The third-order valence-corrected chi connectivity index (χ3v) is 5.54. The van der Waals surface area contributed by atoms with Gasteiger partial charge in [-0.15, -0.1) is 11.3 Å². The van der Waals surface area contributed by atoms with Gasteiger partial charge in [0.1, 0.15) is 11.6 Å². The summed E-state index contributed by atoms with van der Waals surface area (Å²) < 4.78 is 4.62. The summed E-state index contributed by atoms with van der Waals surface area (Å²) in [6.45, 7) is 0. The second-order valence-corrected chi connectivity index (χ2v) is 7.99. The number of esters is 1. The van der Waals surface area contributed by atoms with Crippen LogP contribution in [0.5, 0.6) is 0 Å². The van der Waals surface area contributed by atoms with E-state index in [0.717, 1.165) is 26.5 Å². The Hall–Kier alpha value is -2.84. The van der Waals surface area contributed by atoms with Gasteiger partial charge >= 0.3 is 5.97 Å². The summed E-state index contributed by atoms with van der Waals surface area (Å²) in [5.74, 6) is -0.652. The maximum atomic E-state index is 11.6. The number of benzene rings is 2. The molecule has 0 amide bonds. The van der Waals surface area contributed by atoms with Gasteiger partial charge in [-0.2, -0.15) is 5.26 Å². The van der Waals surface area contributed by atoms with E-state index in [1.54, 1.807) is 0 Å². The lowest BCUT2D eigenvalue weighted by Gasteiger charge is -2.09. The number of nitrogens with zero attached hydrogens (tertiary/aromatic N) is 1. The molecule has 0 atom stereocenters. The monoisotopic (exact) mass is 439 g/mol. The number of methoxy groups -OCH3 is 1. The molecule has 0 radical (unpaired) electrons. The molecule has 144 valence electrons. The molecule has 3 rings (SSSR count). The minimum absolute atomic E-state index is 0.0412. The van der Waals surface area contributed by atoms with E-state index in [1.807, 2.05) is 66.7 Å². The third kappa shape index (κ3) is 5.36. The van der Waals surface area contributed by atoms with Crippen molar-refractivity contribution in [3.05, 3.63) is 97.2 Å². The Kier molecular flexibility index (Phi) is 6.90. The Morgan fingerprint density at radius 1 is 0.897 bits per heavy atom. The van der Waals surface area contributed by atoms with E-state index < -0.39 is 5.97 Å². The molecule has 2 aromatic carbocycles. The highest BCUT2D eigenvalue weighted by Crippen LogP contribution is 2.31. The lowest BCUT2D eigenvalue weighted by molar-refractivity contribution is -0.135. The summed E-state index contributed by atoms with van der Waals surface area (Å²) in [4.78, 5) is 13.4. The fourth-order valence-corrected chi connectivity index (χ4v) is 3.80. The largest absolute Gasteiger partial charge is 0.465 e. The van der Waals surface area contributed by atoms with Crippen LogP contribution in [0.2, 0.25) is 10.0 Å². The van der Waals surface area contributed by atoms with Crippen molar-refractivity contribution in [2.45, 2.75) is 0 Å². The number of ether oxygens (including phenoxy) is 1. The normalized spacial score (nSPS) is 10.9. The molecule has 6 heteroatoms. The highest BCUT2D eigenvalue weighted by Gasteiger charge is 2.10. The first-order chi connectivity index (χ1) is 14.0. The number of rotatable bonds is 5. The van der Waals surface area contributed by atoms with Gasteiger partial charge in [0.05, 0.1) is 7.11 Å². The zero-order valence-corrected chi connectivity index (χ0v) is 17.7. The first kappa shape index (κ1) is 20.9. The molecule has 0 aliphatic heterocycles. The van der Waals surface area contributed by atoms with Gasteiger partial charge in [-0.3, -0.25) is 0 Å². The summed E-state index contributed by atoms with van der Waals surface area (Å²) in [6, 6.07) is 20.9. The minimum Gasteiger partial charge on any atom is -0.465 e. The lowest BCUT2D eigenvalue weighted by Crippen LogP contribution is -2.02. The predicted octanol–water partition coefficient (Wildman–Crippen LogP) is 6.72. The molecule has 0 bridgehead atoms. The number of hydrogen-bond acceptors (Lipinski definition) is 4. The number of carbonyl (C=O) groups excluding carboxylic acids is 1. The van der Waals surface area contributed by atoms with Crippen LogP contribution in [0, 0.1) is 11.3 Å². The molecule has 0 fully saturated rings. The highest BCUT2D eigenvalue weighted by molar-refractivity contribution is 7.13. The SMILES string of the molecule is COC(=O)/C(C#N)=C/c1ccc(C=C(c2ccc(Cl)cc2)c2ccc(Cl)cc2)s1. The van der Waals surface area contributed by atoms with Crippen LogP contribution in [0.15, 0.2) is 66.2 Å². The van der Waals surface area contributed by atoms with Crippen LogP contribution in [0.25, 0.3) is 17.7 Å². The topological polar surface area (TPSA) is 50.1 Å². The van der Waals surface area contributed by atoms with E-state index in [4.69, 9.17) is 28.5 Å². The van der Waals surface area contributed by atoms with Crippen molar-refractivity contribution < 1.29 is 9.53 Å². The maximum Gasteiger partial charge on any atom is 0.348 e. The molecule has 0 saturated heterocycles. The molecule has 29 heavy (non-hydrogen) atoms. The van der Waals surface area contributed by atoms with Crippen molar-refractivity contribution >= 4 is 58.2 Å². The molecule has 0 aliphatic carbocycles. The Bertz CT molecular complexity index is 1070. The van der Waals surface area contributed by atoms with Gasteiger partial charge in [-0.1, -0.05) is 47.5 Å². The molecule has 0 aliphatic rings. The molecule has 0 spiro atoms. The van der Waals surface area contributed by atoms with Crippen molar-refractivity contribution in [2.24, 2.45) is 0 Å². The van der Waals surface area contributed by atoms with Gasteiger partial charge in [-0.05, 0) is 65.3 Å². The molecular weight excluding hydrogens is 425 g/mol. The van der Waals surface area contributed by atoms with Crippen LogP contribution in [0.4, 0.5) is 0 Å². The van der Waals surface area contributed by atoms with Crippen molar-refractivity contribution in [3.8, 4) is 6.07 Å². The fraction of sp³-hybridized carbons (Fsp3) is 0.0435. The van der Waals surface area contributed by atoms with Gasteiger partial charge in [0.15, 0.2) is 0 Å². The van der Waals surface area contributed by atoms with E-state index >= 15 is 0 Å². The molecular formula is C23H15Cl2NO2S. The van der Waals surface area contributed by atoms with Crippen LogP contribution in [-0.2, 0) is 9.53 Å². The molecule has 1 heterocycles. The van der Waals surface area contributed by atoms with E-state index in [9.17, 15) is 4.79 Å². The summed E-state index contributed by atoms with van der Waals surface area (Å²) in [5.41, 5.74) is 2.98. The quantitative estimate of drug-likeness (QED) is 0.251. The zero-order chi connectivity index (χ0) is 20.8. The van der Waals surface area contributed by atoms with Gasteiger partial charge < -0.3 is 4.74 Å². The standard InChI is InChI=1S/C23H15Cl2NO2S/c1-28-23(27)17(14-26)12-20-10-11-21(29-20)13-22(15-2-6-18(24)7-3-15)16-4-8-19(25)9-5-16/h2-13H,1H3/b17-12+. The highest BCUT2D eigenvalue weighted by atomic mass is 35.5. The van der Waals surface area contributed by atoms with Gasteiger partial charge in [0.2, 0.25) is 0 Å². The van der Waals surface area contributed by atoms with Crippen molar-refractivity contribution in [1.82, 2.24) is 0 Å². The maximum absolute atomic E-state index is 11.6. The molecule has 1 aromatic heterocycles. The Balaban J connectivity index is 2.03. The van der Waals surface area contributed by atoms with E-state index in [0.29, 0.717) is 10.0 Å². The molecule has 0 N–H and O–H groups in total. The van der Waals surface area contributed by atoms with Gasteiger partial charge in [0, 0.05) is 19.8 Å². The van der Waals surface area contributed by atoms with E-state index in [1.165, 1.54) is 24.5 Å². The first-order valence-electron chi connectivity index (χ1n) is 8.53. The molecule has 3 aromatic rings. The average molecular weight is 440 g/mol. The van der Waals surface area contributed by atoms with Crippen LogP contribution in [0.1, 0.15) is 20.9 Å². The second-order valence-electron chi connectivity index (χ2n) is 5.97. The van der Waals surface area contributed by atoms with Crippen molar-refractivity contribution in [3.63, 3.8) is 0 Å².